The fraction of sp³-hybridized carbons (Fsp3) is 0.294. The van der Waals surface area contributed by atoms with Crippen LogP contribution < -0.4 is 4.74 Å². The molecule has 0 spiro atoms. The van der Waals surface area contributed by atoms with Crippen LogP contribution in [-0.2, 0) is 13.0 Å². The highest BCUT2D eigenvalue weighted by molar-refractivity contribution is 5.28. The van der Waals surface area contributed by atoms with Gasteiger partial charge in [-0.1, -0.05) is 12.1 Å². The molecule has 0 aliphatic carbocycles. The van der Waals surface area contributed by atoms with E-state index in [9.17, 15) is 13.9 Å². The van der Waals surface area contributed by atoms with Gasteiger partial charge in [0.05, 0.1) is 6.10 Å². The number of rotatable bonds is 6. The highest BCUT2D eigenvalue weighted by Gasteiger charge is 2.03. The maximum absolute atomic E-state index is 13.0. The maximum atomic E-state index is 13.0. The van der Waals surface area contributed by atoms with Gasteiger partial charge in [0.1, 0.15) is 24.0 Å². The second-order valence-corrected chi connectivity index (χ2v) is 5.10. The molecule has 0 aliphatic rings. The predicted molar refractivity (Wildman–Crippen MR) is 77.1 cm³/mol. The molecule has 0 saturated carbocycles. The molecule has 21 heavy (non-hydrogen) atoms. The van der Waals surface area contributed by atoms with Crippen molar-refractivity contribution in [1.82, 2.24) is 0 Å². The Morgan fingerprint density at radius 2 is 1.62 bits per heavy atom. The van der Waals surface area contributed by atoms with Crippen LogP contribution in [0.1, 0.15) is 24.5 Å². The molecule has 2 aromatic carbocycles. The average molecular weight is 292 g/mol. The molecule has 0 aromatic heterocycles. The van der Waals surface area contributed by atoms with Crippen molar-refractivity contribution in [2.24, 2.45) is 0 Å². The summed E-state index contributed by atoms with van der Waals surface area (Å²) in [4.78, 5) is 0. The van der Waals surface area contributed by atoms with Gasteiger partial charge in [-0.2, -0.15) is 0 Å². The van der Waals surface area contributed by atoms with E-state index in [2.05, 4.69) is 0 Å². The maximum Gasteiger partial charge on any atom is 0.126 e. The van der Waals surface area contributed by atoms with Crippen molar-refractivity contribution in [3.05, 3.63) is 65.2 Å². The summed E-state index contributed by atoms with van der Waals surface area (Å²) in [5.41, 5.74) is 1.56. The van der Waals surface area contributed by atoms with Gasteiger partial charge in [-0.05, 0) is 55.2 Å². The number of halogens is 2. The highest BCUT2D eigenvalue weighted by atomic mass is 19.1. The van der Waals surface area contributed by atoms with Gasteiger partial charge in [-0.15, -0.1) is 0 Å². The van der Waals surface area contributed by atoms with Gasteiger partial charge in [0.15, 0.2) is 0 Å². The molecule has 0 amide bonds. The minimum atomic E-state index is -0.609. The molecule has 2 aromatic rings. The lowest BCUT2D eigenvalue weighted by atomic mass is 10.1. The third-order valence-corrected chi connectivity index (χ3v) is 3.10. The topological polar surface area (TPSA) is 29.5 Å². The Labute approximate surface area is 123 Å². The summed E-state index contributed by atoms with van der Waals surface area (Å²) in [7, 11) is 0. The van der Waals surface area contributed by atoms with Crippen LogP contribution in [0.3, 0.4) is 0 Å². The van der Waals surface area contributed by atoms with E-state index < -0.39 is 11.6 Å². The van der Waals surface area contributed by atoms with Crippen molar-refractivity contribution in [3.63, 3.8) is 0 Å². The van der Waals surface area contributed by atoms with Gasteiger partial charge in [0.25, 0.3) is 0 Å². The summed E-state index contributed by atoms with van der Waals surface area (Å²) in [6, 6.07) is 10.8. The van der Waals surface area contributed by atoms with Crippen LogP contribution in [0.4, 0.5) is 8.78 Å². The van der Waals surface area contributed by atoms with Gasteiger partial charge in [0.2, 0.25) is 0 Å². The molecule has 0 radical (unpaired) electrons. The molecule has 0 saturated heterocycles. The van der Waals surface area contributed by atoms with Gasteiger partial charge in [0, 0.05) is 6.07 Å². The van der Waals surface area contributed by atoms with Crippen LogP contribution in [0.25, 0.3) is 0 Å². The van der Waals surface area contributed by atoms with E-state index in [4.69, 9.17) is 4.74 Å². The lowest BCUT2D eigenvalue weighted by molar-refractivity contribution is 0.185. The number of ether oxygens (including phenoxy) is 1. The van der Waals surface area contributed by atoms with Crippen LogP contribution >= 0.6 is 0 Å². The lowest BCUT2D eigenvalue weighted by Gasteiger charge is -2.08. The molecule has 112 valence electrons. The van der Waals surface area contributed by atoms with Crippen molar-refractivity contribution >= 4 is 0 Å². The van der Waals surface area contributed by atoms with E-state index in [1.165, 1.54) is 12.1 Å². The second kappa shape index (κ2) is 7.18. The minimum absolute atomic E-state index is 0.113. The Bertz CT molecular complexity index is 560. The Morgan fingerprint density at radius 1 is 1.00 bits per heavy atom. The van der Waals surface area contributed by atoms with Crippen LogP contribution in [0.5, 0.6) is 5.75 Å². The number of hydrogen-bond acceptors (Lipinski definition) is 2. The zero-order chi connectivity index (χ0) is 15.2. The van der Waals surface area contributed by atoms with Crippen LogP contribution in [-0.4, -0.2) is 11.2 Å². The fourth-order valence-electron chi connectivity index (χ4n) is 1.99. The number of aryl methyl sites for hydroxylation is 1. The predicted octanol–water partition coefficient (Wildman–Crippen LogP) is 3.86. The highest BCUT2D eigenvalue weighted by Crippen LogP contribution is 2.16. The van der Waals surface area contributed by atoms with Crippen molar-refractivity contribution in [3.8, 4) is 5.75 Å². The first kappa shape index (κ1) is 15.4. The van der Waals surface area contributed by atoms with Gasteiger partial charge in [-0.3, -0.25) is 0 Å². The molecule has 0 aliphatic heterocycles. The molecule has 1 atom stereocenters. The number of hydrogen-bond donors (Lipinski definition) is 1. The quantitative estimate of drug-likeness (QED) is 0.876. The smallest absolute Gasteiger partial charge is 0.126 e. The average Bonchev–Trinajstić information content (AvgIpc) is 2.43. The summed E-state index contributed by atoms with van der Waals surface area (Å²) in [6.07, 6.45) is 1.19. The number of aliphatic hydroxyl groups excluding tert-OH is 1. The van der Waals surface area contributed by atoms with Crippen molar-refractivity contribution in [2.75, 3.05) is 0 Å². The van der Waals surface area contributed by atoms with Gasteiger partial charge >= 0.3 is 0 Å². The monoisotopic (exact) mass is 292 g/mol. The van der Waals surface area contributed by atoms with E-state index in [1.807, 2.05) is 24.3 Å². The molecule has 0 fully saturated rings. The zero-order valence-electron chi connectivity index (χ0n) is 11.9. The molecular formula is C17H18F2O2. The van der Waals surface area contributed by atoms with E-state index in [0.29, 0.717) is 17.7 Å². The first-order valence-electron chi connectivity index (χ1n) is 6.88. The van der Waals surface area contributed by atoms with E-state index in [1.54, 1.807) is 6.92 Å². The van der Waals surface area contributed by atoms with Crippen molar-refractivity contribution in [2.45, 2.75) is 32.5 Å². The third kappa shape index (κ3) is 5.16. The molecule has 0 bridgehead atoms. The third-order valence-electron chi connectivity index (χ3n) is 3.10. The largest absolute Gasteiger partial charge is 0.489 e. The van der Waals surface area contributed by atoms with Crippen molar-refractivity contribution in [1.29, 1.82) is 0 Å². The molecule has 1 N–H and O–H groups in total. The Hall–Kier alpha value is -1.94. The standard InChI is InChI=1S/C17H18F2O2/c1-12(20)2-3-13-4-6-17(7-5-13)21-11-14-8-15(18)10-16(19)9-14/h4-10,12,20H,2-3,11H2,1H3. The van der Waals surface area contributed by atoms with Crippen LogP contribution in [0.15, 0.2) is 42.5 Å². The summed E-state index contributed by atoms with van der Waals surface area (Å²) in [5.74, 6) is -0.579. The number of benzene rings is 2. The summed E-state index contributed by atoms with van der Waals surface area (Å²) in [5, 5.41) is 9.24. The van der Waals surface area contributed by atoms with Crippen molar-refractivity contribution < 1.29 is 18.6 Å². The van der Waals surface area contributed by atoms with Crippen LogP contribution in [0, 0.1) is 11.6 Å². The Balaban J connectivity index is 1.91. The van der Waals surface area contributed by atoms with Gasteiger partial charge in [-0.25, -0.2) is 8.78 Å². The van der Waals surface area contributed by atoms with Crippen LogP contribution in [0.2, 0.25) is 0 Å². The zero-order valence-corrected chi connectivity index (χ0v) is 11.9. The SMILES string of the molecule is CC(O)CCc1ccc(OCc2cc(F)cc(F)c2)cc1. The lowest BCUT2D eigenvalue weighted by Crippen LogP contribution is -2.01. The molecule has 0 heterocycles. The second-order valence-electron chi connectivity index (χ2n) is 5.10. The molecule has 2 rings (SSSR count). The Kier molecular flexibility index (Phi) is 5.28. The Morgan fingerprint density at radius 3 is 2.19 bits per heavy atom. The fourth-order valence-corrected chi connectivity index (χ4v) is 1.99. The minimum Gasteiger partial charge on any atom is -0.489 e. The van der Waals surface area contributed by atoms with E-state index in [-0.39, 0.29) is 12.7 Å². The summed E-state index contributed by atoms with van der Waals surface area (Å²) >= 11 is 0. The van der Waals surface area contributed by atoms with Gasteiger partial charge < -0.3 is 9.84 Å². The van der Waals surface area contributed by atoms with E-state index in [0.717, 1.165) is 18.1 Å². The normalized spacial score (nSPS) is 12.2. The molecule has 1 unspecified atom stereocenters. The first-order valence-corrected chi connectivity index (χ1v) is 6.88. The summed E-state index contributed by atoms with van der Waals surface area (Å²) in [6.45, 7) is 1.87. The number of aliphatic hydroxyl groups is 1. The molecule has 2 nitrogen and oxygen atoms in total. The molecular weight excluding hydrogens is 274 g/mol. The summed E-state index contributed by atoms with van der Waals surface area (Å²) < 4.78 is 31.6. The molecule has 4 heteroatoms. The first-order chi connectivity index (χ1) is 10.0. The van der Waals surface area contributed by atoms with E-state index >= 15 is 0 Å².